The molecular formula is C13H12N4. The second kappa shape index (κ2) is 5.01. The molecule has 0 unspecified atom stereocenters. The maximum atomic E-state index is 9.11. The maximum absolute atomic E-state index is 9.11. The van der Waals surface area contributed by atoms with Crippen LogP contribution in [0.1, 0.15) is 12.0 Å². The molecule has 0 saturated carbocycles. The molecule has 4 nitrogen and oxygen atoms in total. The molecule has 0 aliphatic carbocycles. The van der Waals surface area contributed by atoms with Crippen LogP contribution in [0.4, 0.5) is 5.69 Å². The Balaban J connectivity index is 3.20. The monoisotopic (exact) mass is 224 g/mol. The summed E-state index contributed by atoms with van der Waals surface area (Å²) in [5, 5.41) is 26.9. The highest BCUT2D eigenvalue weighted by Crippen LogP contribution is 2.27. The van der Waals surface area contributed by atoms with Crippen molar-refractivity contribution in [2.45, 2.75) is 11.8 Å². The van der Waals surface area contributed by atoms with E-state index < -0.39 is 5.41 Å². The molecule has 84 valence electrons. The number of benzene rings is 1. The van der Waals surface area contributed by atoms with Gasteiger partial charge in [-0.05, 0) is 17.7 Å². The van der Waals surface area contributed by atoms with Crippen molar-refractivity contribution in [1.82, 2.24) is 0 Å². The Morgan fingerprint density at radius 3 is 1.94 bits per heavy atom. The Bertz CT molecular complexity index is 494. The fourth-order valence-electron chi connectivity index (χ4n) is 1.50. The highest BCUT2D eigenvalue weighted by Gasteiger charge is 2.32. The zero-order chi connectivity index (χ0) is 12.9. The van der Waals surface area contributed by atoms with Gasteiger partial charge in [0.15, 0.2) is 5.41 Å². The minimum atomic E-state index is -1.36. The molecule has 0 fully saturated rings. The van der Waals surface area contributed by atoms with Crippen LogP contribution in [0.2, 0.25) is 0 Å². The van der Waals surface area contributed by atoms with Crippen LogP contribution >= 0.6 is 0 Å². The van der Waals surface area contributed by atoms with E-state index in [2.05, 4.69) is 0 Å². The lowest BCUT2D eigenvalue weighted by atomic mass is 9.81. The molecule has 0 aliphatic heterocycles. The topological polar surface area (TPSA) is 74.6 Å². The average molecular weight is 224 g/mol. The van der Waals surface area contributed by atoms with E-state index >= 15 is 0 Å². The van der Waals surface area contributed by atoms with Gasteiger partial charge in [-0.3, -0.25) is 0 Å². The molecule has 0 N–H and O–H groups in total. The summed E-state index contributed by atoms with van der Waals surface area (Å²) in [4.78, 5) is 1.93. The average Bonchev–Trinajstić information content (AvgIpc) is 2.36. The number of hydrogen-bond donors (Lipinski definition) is 0. The van der Waals surface area contributed by atoms with Crippen molar-refractivity contribution in [3.05, 3.63) is 29.8 Å². The molecule has 0 aromatic heterocycles. The van der Waals surface area contributed by atoms with E-state index in [4.69, 9.17) is 15.8 Å². The van der Waals surface area contributed by atoms with Crippen molar-refractivity contribution >= 4 is 5.69 Å². The van der Waals surface area contributed by atoms with E-state index in [1.807, 2.05) is 49.3 Å². The summed E-state index contributed by atoms with van der Waals surface area (Å²) in [6.45, 7) is 0. The molecule has 0 heterocycles. The van der Waals surface area contributed by atoms with Crippen LogP contribution in [0, 0.1) is 34.0 Å². The number of rotatable bonds is 3. The van der Waals surface area contributed by atoms with Crippen LogP contribution in [0.25, 0.3) is 0 Å². The summed E-state index contributed by atoms with van der Waals surface area (Å²) in [7, 11) is 3.82. The number of anilines is 1. The smallest absolute Gasteiger partial charge is 0.181 e. The SMILES string of the molecule is CN(C)c1ccc(C(C#N)(C#N)CC#N)cc1. The molecule has 0 bridgehead atoms. The van der Waals surface area contributed by atoms with Gasteiger partial charge >= 0.3 is 0 Å². The molecule has 0 aliphatic rings. The summed E-state index contributed by atoms with van der Waals surface area (Å²) < 4.78 is 0. The highest BCUT2D eigenvalue weighted by atomic mass is 15.1. The minimum absolute atomic E-state index is 0.124. The van der Waals surface area contributed by atoms with Crippen LogP contribution in [0.15, 0.2) is 24.3 Å². The third-order valence-electron chi connectivity index (χ3n) is 2.60. The van der Waals surface area contributed by atoms with E-state index in [1.54, 1.807) is 12.1 Å². The van der Waals surface area contributed by atoms with Crippen molar-refractivity contribution in [3.8, 4) is 18.2 Å². The second-order valence-corrected chi connectivity index (χ2v) is 3.91. The van der Waals surface area contributed by atoms with E-state index in [1.165, 1.54) is 0 Å². The highest BCUT2D eigenvalue weighted by molar-refractivity contribution is 5.50. The van der Waals surface area contributed by atoms with Gasteiger partial charge in [-0.2, -0.15) is 15.8 Å². The van der Waals surface area contributed by atoms with Crippen LogP contribution in [0.3, 0.4) is 0 Å². The van der Waals surface area contributed by atoms with E-state index in [9.17, 15) is 0 Å². The quantitative estimate of drug-likeness (QED) is 0.786. The first-order valence-electron chi connectivity index (χ1n) is 5.07. The molecule has 0 spiro atoms. The predicted molar refractivity (Wildman–Crippen MR) is 63.9 cm³/mol. The van der Waals surface area contributed by atoms with E-state index in [-0.39, 0.29) is 6.42 Å². The fraction of sp³-hybridized carbons (Fsp3) is 0.308. The van der Waals surface area contributed by atoms with Gasteiger partial charge in [0.1, 0.15) is 0 Å². The normalized spacial score (nSPS) is 9.82. The van der Waals surface area contributed by atoms with Gasteiger partial charge < -0.3 is 4.90 Å². The summed E-state index contributed by atoms with van der Waals surface area (Å²) in [5.41, 5.74) is 0.185. The third-order valence-corrected chi connectivity index (χ3v) is 2.60. The van der Waals surface area contributed by atoms with E-state index in [0.29, 0.717) is 5.56 Å². The molecule has 1 aromatic carbocycles. The zero-order valence-electron chi connectivity index (χ0n) is 9.81. The second-order valence-electron chi connectivity index (χ2n) is 3.91. The lowest BCUT2D eigenvalue weighted by Gasteiger charge is -2.17. The third kappa shape index (κ3) is 2.36. The Morgan fingerprint density at radius 1 is 1.06 bits per heavy atom. The van der Waals surface area contributed by atoms with Gasteiger partial charge in [0, 0.05) is 19.8 Å². The molecular weight excluding hydrogens is 212 g/mol. The standard InChI is InChI=1S/C13H12N4/c1-17(2)12-5-3-11(4-6-12)13(9-15,10-16)7-8-14/h3-6H,7H2,1-2H3. The van der Waals surface area contributed by atoms with E-state index in [0.717, 1.165) is 5.69 Å². The van der Waals surface area contributed by atoms with Crippen molar-refractivity contribution in [2.75, 3.05) is 19.0 Å². The van der Waals surface area contributed by atoms with Gasteiger partial charge in [0.2, 0.25) is 0 Å². The first-order valence-corrected chi connectivity index (χ1v) is 5.07. The molecule has 17 heavy (non-hydrogen) atoms. The van der Waals surface area contributed by atoms with Crippen LogP contribution in [0.5, 0.6) is 0 Å². The van der Waals surface area contributed by atoms with Gasteiger partial charge in [-0.25, -0.2) is 0 Å². The molecule has 1 rings (SSSR count). The molecule has 0 atom stereocenters. The van der Waals surface area contributed by atoms with Gasteiger partial charge in [-0.15, -0.1) is 0 Å². The van der Waals surface area contributed by atoms with Crippen molar-refractivity contribution < 1.29 is 0 Å². The molecule has 0 radical (unpaired) electrons. The lowest BCUT2D eigenvalue weighted by Crippen LogP contribution is -2.21. The predicted octanol–water partition coefficient (Wildman–Crippen LogP) is 1.95. The fourth-order valence-corrected chi connectivity index (χ4v) is 1.50. The summed E-state index contributed by atoms with van der Waals surface area (Å²) in [5.74, 6) is 0. The maximum Gasteiger partial charge on any atom is 0.181 e. The van der Waals surface area contributed by atoms with Crippen molar-refractivity contribution in [3.63, 3.8) is 0 Å². The molecule has 4 heteroatoms. The largest absolute Gasteiger partial charge is 0.378 e. The number of hydrogen-bond acceptors (Lipinski definition) is 4. The van der Waals surface area contributed by atoms with Crippen molar-refractivity contribution in [2.24, 2.45) is 0 Å². The van der Waals surface area contributed by atoms with Crippen LogP contribution < -0.4 is 4.90 Å². The zero-order valence-corrected chi connectivity index (χ0v) is 9.81. The Labute approximate surface area is 101 Å². The first-order chi connectivity index (χ1) is 8.09. The Morgan fingerprint density at radius 2 is 1.59 bits per heavy atom. The molecule has 0 saturated heterocycles. The summed E-state index contributed by atoms with van der Waals surface area (Å²) >= 11 is 0. The van der Waals surface area contributed by atoms with Crippen molar-refractivity contribution in [1.29, 1.82) is 15.8 Å². The van der Waals surface area contributed by atoms with Crippen LogP contribution in [-0.2, 0) is 5.41 Å². The first kappa shape index (κ1) is 12.6. The van der Waals surface area contributed by atoms with Gasteiger partial charge in [0.05, 0.1) is 24.6 Å². The van der Waals surface area contributed by atoms with Gasteiger partial charge in [0.25, 0.3) is 0 Å². The van der Waals surface area contributed by atoms with Crippen LogP contribution in [-0.4, -0.2) is 14.1 Å². The Hall–Kier alpha value is -2.51. The number of nitrogens with zero attached hydrogens (tertiary/aromatic N) is 4. The number of nitriles is 3. The minimum Gasteiger partial charge on any atom is -0.378 e. The molecule has 1 aromatic rings. The molecule has 0 amide bonds. The Kier molecular flexibility index (Phi) is 3.70. The summed E-state index contributed by atoms with van der Waals surface area (Å²) in [6.07, 6.45) is -0.124. The lowest BCUT2D eigenvalue weighted by molar-refractivity contribution is 0.721. The van der Waals surface area contributed by atoms with Gasteiger partial charge in [-0.1, -0.05) is 12.1 Å². The summed E-state index contributed by atoms with van der Waals surface area (Å²) in [6, 6.07) is 12.9.